The Morgan fingerprint density at radius 2 is 1.94 bits per heavy atom. The van der Waals surface area contributed by atoms with Crippen LogP contribution in [0, 0.1) is 10.1 Å². The number of aliphatic hydroxyl groups is 1. The molecule has 1 N–H and O–H groups in total. The zero-order chi connectivity index (χ0) is 22.8. The van der Waals surface area contributed by atoms with Crippen LogP contribution in [-0.2, 0) is 19.9 Å². The van der Waals surface area contributed by atoms with Gasteiger partial charge in [0.1, 0.15) is 6.54 Å². The van der Waals surface area contributed by atoms with Crippen molar-refractivity contribution >= 4 is 29.0 Å². The minimum absolute atomic E-state index is 0.0249. The van der Waals surface area contributed by atoms with Crippen molar-refractivity contribution < 1.29 is 33.9 Å². The lowest BCUT2D eigenvalue weighted by Gasteiger charge is -2.22. The highest BCUT2D eigenvalue weighted by Crippen LogP contribution is 2.43. The third-order valence-electron chi connectivity index (χ3n) is 4.95. The standard InChI is InChI=1S/C21H20N2O8/c1-3-31-19(25)12-22-15-7-5-4-6-14(15)21(27,20(22)26)11-17(24)13-8-9-18(30-2)16(10-13)23(28)29/h4-10,27H,3,11-12H2,1-2H3/t21-/m0/s1. The Hall–Kier alpha value is -3.79. The van der Waals surface area contributed by atoms with E-state index in [1.165, 1.54) is 25.3 Å². The number of carbonyl (C=O) groups excluding carboxylic acids is 3. The molecule has 10 heteroatoms. The highest BCUT2D eigenvalue weighted by Gasteiger charge is 2.51. The van der Waals surface area contributed by atoms with Crippen molar-refractivity contribution in [1.82, 2.24) is 0 Å². The van der Waals surface area contributed by atoms with Crippen molar-refractivity contribution in [3.05, 3.63) is 63.7 Å². The summed E-state index contributed by atoms with van der Waals surface area (Å²) in [6, 6.07) is 9.88. The number of ketones is 1. The fourth-order valence-electron chi connectivity index (χ4n) is 3.51. The summed E-state index contributed by atoms with van der Waals surface area (Å²) in [6.07, 6.45) is -0.661. The van der Waals surface area contributed by atoms with Gasteiger partial charge in [0.25, 0.3) is 5.91 Å². The number of para-hydroxylation sites is 1. The zero-order valence-electron chi connectivity index (χ0n) is 16.9. The Balaban J connectivity index is 1.94. The van der Waals surface area contributed by atoms with E-state index in [-0.39, 0.29) is 29.2 Å². The monoisotopic (exact) mass is 428 g/mol. The average Bonchev–Trinajstić information content (AvgIpc) is 2.95. The van der Waals surface area contributed by atoms with Crippen LogP contribution in [0.4, 0.5) is 11.4 Å². The highest BCUT2D eigenvalue weighted by atomic mass is 16.6. The average molecular weight is 428 g/mol. The van der Waals surface area contributed by atoms with Crippen molar-refractivity contribution in [3.63, 3.8) is 0 Å². The minimum atomic E-state index is -2.23. The summed E-state index contributed by atoms with van der Waals surface area (Å²) in [6.45, 7) is 1.33. The third kappa shape index (κ3) is 3.97. The first-order valence-electron chi connectivity index (χ1n) is 9.38. The van der Waals surface area contributed by atoms with Crippen molar-refractivity contribution in [1.29, 1.82) is 0 Å². The molecule has 0 saturated heterocycles. The molecule has 10 nitrogen and oxygen atoms in total. The number of nitro benzene ring substituents is 1. The van der Waals surface area contributed by atoms with Gasteiger partial charge in [-0.25, -0.2) is 0 Å². The maximum atomic E-state index is 13.1. The van der Waals surface area contributed by atoms with Crippen LogP contribution in [0.3, 0.4) is 0 Å². The van der Waals surface area contributed by atoms with Gasteiger partial charge in [0.15, 0.2) is 17.1 Å². The molecule has 1 amide bonds. The Labute approximate surface area is 177 Å². The number of Topliss-reactive ketones (excluding diaryl/α,β-unsaturated/α-hetero) is 1. The summed E-state index contributed by atoms with van der Waals surface area (Å²) >= 11 is 0. The lowest BCUT2D eigenvalue weighted by Crippen LogP contribution is -2.44. The number of ether oxygens (including phenoxy) is 2. The van der Waals surface area contributed by atoms with Crippen LogP contribution in [0.1, 0.15) is 29.3 Å². The molecule has 162 valence electrons. The lowest BCUT2D eigenvalue weighted by molar-refractivity contribution is -0.385. The quantitative estimate of drug-likeness (QED) is 0.292. The van der Waals surface area contributed by atoms with Crippen LogP contribution >= 0.6 is 0 Å². The SMILES string of the molecule is CCOC(=O)CN1C(=O)[C@](O)(CC(=O)c2ccc(OC)c([N+](=O)[O-])c2)c2ccccc21. The third-order valence-corrected chi connectivity index (χ3v) is 4.95. The maximum absolute atomic E-state index is 13.1. The maximum Gasteiger partial charge on any atom is 0.326 e. The molecule has 0 unspecified atom stereocenters. The Bertz CT molecular complexity index is 1070. The van der Waals surface area contributed by atoms with Gasteiger partial charge < -0.3 is 14.6 Å². The van der Waals surface area contributed by atoms with E-state index in [0.29, 0.717) is 0 Å². The molecule has 2 aromatic carbocycles. The zero-order valence-corrected chi connectivity index (χ0v) is 16.9. The van der Waals surface area contributed by atoms with E-state index in [1.807, 2.05) is 0 Å². The van der Waals surface area contributed by atoms with Crippen LogP contribution in [0.5, 0.6) is 5.75 Å². The number of nitrogens with zero attached hydrogens (tertiary/aromatic N) is 2. The van der Waals surface area contributed by atoms with Gasteiger partial charge in [0.05, 0.1) is 30.7 Å². The molecule has 3 rings (SSSR count). The Morgan fingerprint density at radius 1 is 1.23 bits per heavy atom. The number of amides is 1. The molecule has 1 atom stereocenters. The largest absolute Gasteiger partial charge is 0.490 e. The van der Waals surface area contributed by atoms with E-state index in [9.17, 15) is 29.6 Å². The highest BCUT2D eigenvalue weighted by molar-refractivity contribution is 6.12. The summed E-state index contributed by atoms with van der Waals surface area (Å²) in [5.41, 5.74) is -2.25. The molecule has 1 heterocycles. The Kier molecular flexibility index (Phi) is 6.02. The van der Waals surface area contributed by atoms with Crippen molar-refractivity contribution in [2.45, 2.75) is 18.9 Å². The number of rotatable bonds is 8. The van der Waals surface area contributed by atoms with Gasteiger partial charge in [-0.05, 0) is 25.1 Å². The molecule has 0 aromatic heterocycles. The molecule has 31 heavy (non-hydrogen) atoms. The van der Waals surface area contributed by atoms with Crippen LogP contribution in [0.15, 0.2) is 42.5 Å². The molecular weight excluding hydrogens is 408 g/mol. The first-order valence-corrected chi connectivity index (χ1v) is 9.38. The fourth-order valence-corrected chi connectivity index (χ4v) is 3.51. The summed E-state index contributed by atoms with van der Waals surface area (Å²) in [5.74, 6) is -2.22. The summed E-state index contributed by atoms with van der Waals surface area (Å²) in [4.78, 5) is 49.5. The number of hydrogen-bond donors (Lipinski definition) is 1. The second kappa shape index (κ2) is 8.52. The van der Waals surface area contributed by atoms with E-state index < -0.39 is 46.8 Å². The van der Waals surface area contributed by atoms with E-state index in [0.717, 1.165) is 11.0 Å². The van der Waals surface area contributed by atoms with Crippen molar-refractivity contribution in [2.24, 2.45) is 0 Å². The summed E-state index contributed by atoms with van der Waals surface area (Å²) in [5, 5.41) is 22.5. The minimum Gasteiger partial charge on any atom is -0.490 e. The molecule has 0 bridgehead atoms. The Morgan fingerprint density at radius 3 is 2.58 bits per heavy atom. The number of anilines is 1. The number of benzene rings is 2. The summed E-state index contributed by atoms with van der Waals surface area (Å²) in [7, 11) is 1.26. The number of carbonyl (C=O) groups is 3. The number of hydrogen-bond acceptors (Lipinski definition) is 8. The van der Waals surface area contributed by atoms with Gasteiger partial charge in [-0.1, -0.05) is 18.2 Å². The van der Waals surface area contributed by atoms with Crippen molar-refractivity contribution in [3.8, 4) is 5.75 Å². The molecule has 2 aromatic rings. The van der Waals surface area contributed by atoms with Gasteiger partial charge in [-0.2, -0.15) is 0 Å². The molecule has 0 radical (unpaired) electrons. The smallest absolute Gasteiger partial charge is 0.326 e. The molecular formula is C21H20N2O8. The normalized spacial score (nSPS) is 17.3. The first-order chi connectivity index (χ1) is 14.7. The molecule has 0 aliphatic carbocycles. The number of esters is 1. The molecule has 1 aliphatic rings. The number of methoxy groups -OCH3 is 1. The van der Waals surface area contributed by atoms with Gasteiger partial charge in [0.2, 0.25) is 0 Å². The second-order valence-corrected chi connectivity index (χ2v) is 6.82. The predicted octanol–water partition coefficient (Wildman–Crippen LogP) is 1.97. The van der Waals surface area contributed by atoms with E-state index in [4.69, 9.17) is 9.47 Å². The van der Waals surface area contributed by atoms with Crippen LogP contribution < -0.4 is 9.64 Å². The molecule has 0 fully saturated rings. The fraction of sp³-hybridized carbons (Fsp3) is 0.286. The van der Waals surface area contributed by atoms with E-state index in [2.05, 4.69) is 0 Å². The number of nitro groups is 1. The van der Waals surface area contributed by atoms with Crippen LogP contribution in [-0.4, -0.2) is 48.0 Å². The van der Waals surface area contributed by atoms with Gasteiger partial charge in [-0.3, -0.25) is 29.4 Å². The predicted molar refractivity (Wildman–Crippen MR) is 108 cm³/mol. The van der Waals surface area contributed by atoms with Gasteiger partial charge in [0, 0.05) is 17.2 Å². The van der Waals surface area contributed by atoms with Gasteiger partial charge in [-0.15, -0.1) is 0 Å². The van der Waals surface area contributed by atoms with Gasteiger partial charge >= 0.3 is 11.7 Å². The van der Waals surface area contributed by atoms with Crippen molar-refractivity contribution in [2.75, 3.05) is 25.2 Å². The number of fused-ring (bicyclic) bond motifs is 1. The molecule has 0 saturated carbocycles. The summed E-state index contributed by atoms with van der Waals surface area (Å²) < 4.78 is 9.81. The lowest BCUT2D eigenvalue weighted by atomic mass is 9.88. The first kappa shape index (κ1) is 21.9. The molecule has 1 aliphatic heterocycles. The molecule has 0 spiro atoms. The second-order valence-electron chi connectivity index (χ2n) is 6.82. The topological polar surface area (TPSA) is 136 Å². The van der Waals surface area contributed by atoms with Crippen LogP contribution in [0.25, 0.3) is 0 Å². The van der Waals surface area contributed by atoms with Crippen LogP contribution in [0.2, 0.25) is 0 Å². The van der Waals surface area contributed by atoms with E-state index in [1.54, 1.807) is 25.1 Å². The van der Waals surface area contributed by atoms with E-state index >= 15 is 0 Å².